The monoisotopic (exact) mass is 260 g/mol. The average molecular weight is 261 g/mol. The van der Waals surface area contributed by atoms with Gasteiger partial charge in [0.1, 0.15) is 0 Å². The Balaban J connectivity index is 0.00000128. The van der Waals surface area contributed by atoms with Gasteiger partial charge < -0.3 is 10.2 Å². The number of carbonyl (C=O) groups excluding carboxylic acids is 1. The first kappa shape index (κ1) is 13.3. The first-order valence-corrected chi connectivity index (χ1v) is 5.30. The van der Waals surface area contributed by atoms with E-state index in [1.165, 1.54) is 0 Å². The van der Waals surface area contributed by atoms with Gasteiger partial charge in [-0.05, 0) is 12.1 Å². The van der Waals surface area contributed by atoms with E-state index in [1.807, 2.05) is 19.2 Å². The summed E-state index contributed by atoms with van der Waals surface area (Å²) in [6, 6.07) is 7.44. The van der Waals surface area contributed by atoms with Gasteiger partial charge in [0.25, 0.3) is 5.91 Å². The molecule has 1 heterocycles. The van der Waals surface area contributed by atoms with Crippen molar-refractivity contribution in [1.29, 1.82) is 0 Å². The summed E-state index contributed by atoms with van der Waals surface area (Å²) in [5, 5.41) is 3.65. The molecule has 2 rings (SSSR count). The maximum Gasteiger partial charge on any atom is 0.255 e. The van der Waals surface area contributed by atoms with Crippen LogP contribution in [-0.2, 0) is 0 Å². The van der Waals surface area contributed by atoms with Crippen LogP contribution in [0.3, 0.4) is 0 Å². The first-order chi connectivity index (χ1) is 7.20. The van der Waals surface area contributed by atoms with Gasteiger partial charge in [-0.2, -0.15) is 0 Å². The molecule has 3 nitrogen and oxygen atoms in total. The van der Waals surface area contributed by atoms with E-state index in [0.717, 1.165) is 13.1 Å². The van der Waals surface area contributed by atoms with E-state index in [4.69, 9.17) is 11.6 Å². The summed E-state index contributed by atoms with van der Waals surface area (Å²) in [5.41, 5.74) is 0.577. The van der Waals surface area contributed by atoms with Gasteiger partial charge in [0.15, 0.2) is 0 Å². The van der Waals surface area contributed by atoms with Crippen LogP contribution < -0.4 is 5.32 Å². The Hall–Kier alpha value is -0.770. The molecule has 1 N–H and O–H groups in total. The minimum absolute atomic E-state index is 0. The minimum atomic E-state index is -0.00731. The zero-order chi connectivity index (χ0) is 10.8. The molecule has 1 saturated heterocycles. The third-order valence-electron chi connectivity index (χ3n) is 2.73. The summed E-state index contributed by atoms with van der Waals surface area (Å²) in [4.78, 5) is 13.8. The molecule has 1 aromatic carbocycles. The molecule has 0 saturated carbocycles. The second kappa shape index (κ2) is 5.53. The van der Waals surface area contributed by atoms with Crippen LogP contribution in [0.5, 0.6) is 0 Å². The topological polar surface area (TPSA) is 32.3 Å². The quantitative estimate of drug-likeness (QED) is 0.880. The summed E-state index contributed by atoms with van der Waals surface area (Å²) in [6.45, 7) is 1.74. The molecule has 88 valence electrons. The van der Waals surface area contributed by atoms with Gasteiger partial charge in [-0.15, -0.1) is 12.4 Å². The van der Waals surface area contributed by atoms with Crippen molar-refractivity contribution < 1.29 is 4.79 Å². The van der Waals surface area contributed by atoms with Gasteiger partial charge in [-0.1, -0.05) is 23.7 Å². The maximum absolute atomic E-state index is 12.0. The Morgan fingerprint density at radius 3 is 2.56 bits per heavy atom. The summed E-state index contributed by atoms with van der Waals surface area (Å²) in [7, 11) is 1.82. The predicted molar refractivity (Wildman–Crippen MR) is 67.5 cm³/mol. The molecule has 0 spiro atoms. The third-order valence-corrected chi connectivity index (χ3v) is 3.06. The number of likely N-dealkylation sites (N-methyl/N-ethyl adjacent to an activating group) is 1. The molecule has 0 radical (unpaired) electrons. The molecule has 1 aliphatic heterocycles. The molecule has 0 atom stereocenters. The van der Waals surface area contributed by atoms with Crippen molar-refractivity contribution in [3.05, 3.63) is 34.9 Å². The summed E-state index contributed by atoms with van der Waals surface area (Å²) < 4.78 is 0. The van der Waals surface area contributed by atoms with Gasteiger partial charge in [0, 0.05) is 20.1 Å². The molecular formula is C11H14Cl2N2O. The molecule has 1 aliphatic rings. The van der Waals surface area contributed by atoms with Crippen molar-refractivity contribution in [2.75, 3.05) is 20.1 Å². The highest BCUT2D eigenvalue weighted by Crippen LogP contribution is 2.18. The second-order valence-electron chi connectivity index (χ2n) is 3.71. The van der Waals surface area contributed by atoms with E-state index in [1.54, 1.807) is 17.0 Å². The normalized spacial score (nSPS) is 14.9. The zero-order valence-corrected chi connectivity index (χ0v) is 10.5. The van der Waals surface area contributed by atoms with Crippen molar-refractivity contribution >= 4 is 29.9 Å². The van der Waals surface area contributed by atoms with E-state index in [-0.39, 0.29) is 18.3 Å². The van der Waals surface area contributed by atoms with Gasteiger partial charge in [-0.25, -0.2) is 0 Å². The van der Waals surface area contributed by atoms with Crippen LogP contribution in [0.4, 0.5) is 0 Å². The fraction of sp³-hybridized carbons (Fsp3) is 0.364. The lowest BCUT2D eigenvalue weighted by molar-refractivity contribution is 0.0681. The Morgan fingerprint density at radius 1 is 1.44 bits per heavy atom. The first-order valence-electron chi connectivity index (χ1n) is 4.92. The number of halogens is 2. The van der Waals surface area contributed by atoms with Crippen molar-refractivity contribution in [3.8, 4) is 0 Å². The molecule has 0 aliphatic carbocycles. The molecule has 0 bridgehead atoms. The van der Waals surface area contributed by atoms with Gasteiger partial charge in [-0.3, -0.25) is 4.79 Å². The highest BCUT2D eigenvalue weighted by molar-refractivity contribution is 6.33. The number of nitrogens with zero attached hydrogens (tertiary/aromatic N) is 1. The van der Waals surface area contributed by atoms with Gasteiger partial charge in [0.05, 0.1) is 16.6 Å². The van der Waals surface area contributed by atoms with Gasteiger partial charge >= 0.3 is 0 Å². The number of rotatable bonds is 2. The molecule has 5 heteroatoms. The van der Waals surface area contributed by atoms with Crippen LogP contribution in [0, 0.1) is 0 Å². The fourth-order valence-electron chi connectivity index (χ4n) is 1.54. The minimum Gasteiger partial charge on any atom is -0.336 e. The lowest BCUT2D eigenvalue weighted by Gasteiger charge is -2.35. The van der Waals surface area contributed by atoms with Crippen LogP contribution in [0.1, 0.15) is 10.4 Å². The Morgan fingerprint density at radius 2 is 2.06 bits per heavy atom. The summed E-state index contributed by atoms with van der Waals surface area (Å²) >= 11 is 5.97. The summed E-state index contributed by atoms with van der Waals surface area (Å²) in [5.74, 6) is -0.00731. The van der Waals surface area contributed by atoms with E-state index in [2.05, 4.69) is 5.32 Å². The van der Waals surface area contributed by atoms with Crippen LogP contribution >= 0.6 is 24.0 Å². The third kappa shape index (κ3) is 2.48. The largest absolute Gasteiger partial charge is 0.336 e. The SMILES string of the molecule is CN(C(=O)c1ccccc1Cl)C1CNC1.Cl. The van der Waals surface area contributed by atoms with E-state index >= 15 is 0 Å². The van der Waals surface area contributed by atoms with Crippen molar-refractivity contribution in [2.24, 2.45) is 0 Å². The Bertz CT molecular complexity index is 380. The number of benzene rings is 1. The maximum atomic E-state index is 12.0. The smallest absolute Gasteiger partial charge is 0.255 e. The van der Waals surface area contributed by atoms with Crippen LogP contribution in [-0.4, -0.2) is 37.0 Å². The highest BCUT2D eigenvalue weighted by atomic mass is 35.5. The van der Waals surface area contributed by atoms with Crippen molar-refractivity contribution in [2.45, 2.75) is 6.04 Å². The molecule has 1 amide bonds. The summed E-state index contributed by atoms with van der Waals surface area (Å²) in [6.07, 6.45) is 0. The molecule has 0 aromatic heterocycles. The molecule has 0 unspecified atom stereocenters. The van der Waals surface area contributed by atoms with Crippen LogP contribution in [0.15, 0.2) is 24.3 Å². The number of carbonyl (C=O) groups is 1. The van der Waals surface area contributed by atoms with Crippen molar-refractivity contribution in [1.82, 2.24) is 10.2 Å². The highest BCUT2D eigenvalue weighted by Gasteiger charge is 2.26. The Labute approximate surface area is 106 Å². The van der Waals surface area contributed by atoms with E-state index in [9.17, 15) is 4.79 Å². The zero-order valence-electron chi connectivity index (χ0n) is 8.94. The number of hydrogen-bond donors (Lipinski definition) is 1. The lowest BCUT2D eigenvalue weighted by Crippen LogP contribution is -2.57. The van der Waals surface area contributed by atoms with Crippen LogP contribution in [0.25, 0.3) is 0 Å². The number of nitrogens with one attached hydrogen (secondary N) is 1. The number of amides is 1. The Kier molecular flexibility index (Phi) is 4.59. The van der Waals surface area contributed by atoms with Crippen LogP contribution in [0.2, 0.25) is 5.02 Å². The fourth-order valence-corrected chi connectivity index (χ4v) is 1.75. The van der Waals surface area contributed by atoms with E-state index in [0.29, 0.717) is 16.6 Å². The number of hydrogen-bond acceptors (Lipinski definition) is 2. The van der Waals surface area contributed by atoms with Gasteiger partial charge in [0.2, 0.25) is 0 Å². The standard InChI is InChI=1S/C11H13ClN2O.ClH/c1-14(8-6-13-7-8)11(15)9-4-2-3-5-10(9)12;/h2-5,8,13H,6-7H2,1H3;1H. The molecule has 1 aromatic rings. The molecule has 1 fully saturated rings. The predicted octanol–water partition coefficient (Wildman–Crippen LogP) is 1.81. The van der Waals surface area contributed by atoms with Crippen molar-refractivity contribution in [3.63, 3.8) is 0 Å². The second-order valence-corrected chi connectivity index (χ2v) is 4.12. The van der Waals surface area contributed by atoms with E-state index < -0.39 is 0 Å². The lowest BCUT2D eigenvalue weighted by atomic mass is 10.1. The molecule has 16 heavy (non-hydrogen) atoms. The molecular weight excluding hydrogens is 247 g/mol. The average Bonchev–Trinajstić information content (AvgIpc) is 2.15.